The second-order valence-corrected chi connectivity index (χ2v) is 14.1. The van der Waals surface area contributed by atoms with E-state index < -0.39 is 0 Å². The molecule has 248 valence electrons. The van der Waals surface area contributed by atoms with Gasteiger partial charge in [-0.25, -0.2) is 9.97 Å². The van der Waals surface area contributed by atoms with E-state index >= 15 is 0 Å². The van der Waals surface area contributed by atoms with Gasteiger partial charge >= 0.3 is 0 Å². The molecule has 4 aromatic heterocycles. The summed E-state index contributed by atoms with van der Waals surface area (Å²) in [6, 6.07) is 56.2. The molecule has 4 heterocycles. The lowest BCUT2D eigenvalue weighted by atomic mass is 9.97. The molecule has 0 bridgehead atoms. The van der Waals surface area contributed by atoms with E-state index in [9.17, 15) is 0 Å². The molecular formula is C46H27N5OS. The van der Waals surface area contributed by atoms with Crippen LogP contribution in [0.1, 0.15) is 0 Å². The van der Waals surface area contributed by atoms with E-state index in [1.807, 2.05) is 48.5 Å². The Balaban J connectivity index is 1.20. The minimum absolute atomic E-state index is 0.533. The van der Waals surface area contributed by atoms with Gasteiger partial charge in [0, 0.05) is 27.1 Å². The topological polar surface area (TPSA) is 69.6 Å². The van der Waals surface area contributed by atoms with Gasteiger partial charge in [0.1, 0.15) is 16.2 Å². The molecular weight excluding hydrogens is 671 g/mol. The maximum atomic E-state index is 7.06. The molecule has 0 aliphatic rings. The summed E-state index contributed by atoms with van der Waals surface area (Å²) < 4.78 is 10.3. The van der Waals surface area contributed by atoms with Crippen molar-refractivity contribution >= 4 is 65.3 Å². The first kappa shape index (κ1) is 29.7. The second kappa shape index (κ2) is 11.8. The van der Waals surface area contributed by atoms with Gasteiger partial charge in [-0.2, -0.15) is 9.97 Å². The molecule has 7 aromatic carbocycles. The molecule has 0 saturated carbocycles. The number of rotatable bonds is 5. The molecule has 0 fully saturated rings. The van der Waals surface area contributed by atoms with Gasteiger partial charge in [0.25, 0.3) is 0 Å². The summed E-state index contributed by atoms with van der Waals surface area (Å²) in [7, 11) is 0. The second-order valence-electron chi connectivity index (χ2n) is 13.0. The Kier molecular flexibility index (Phi) is 6.62. The van der Waals surface area contributed by atoms with Crippen molar-refractivity contribution in [1.29, 1.82) is 0 Å². The molecule has 0 aliphatic heterocycles. The molecule has 0 unspecified atom stereocenters. The normalized spacial score (nSPS) is 11.8. The van der Waals surface area contributed by atoms with E-state index in [1.165, 1.54) is 0 Å². The Morgan fingerprint density at radius 1 is 0.434 bits per heavy atom. The van der Waals surface area contributed by atoms with Crippen molar-refractivity contribution in [3.63, 3.8) is 0 Å². The average Bonchev–Trinajstić information content (AvgIpc) is 3.93. The van der Waals surface area contributed by atoms with Crippen LogP contribution in [0.15, 0.2) is 168 Å². The number of para-hydroxylation sites is 4. The zero-order chi connectivity index (χ0) is 34.9. The van der Waals surface area contributed by atoms with Gasteiger partial charge in [0.2, 0.25) is 5.95 Å². The van der Waals surface area contributed by atoms with Crippen LogP contribution < -0.4 is 0 Å². The number of hydrogen-bond acceptors (Lipinski definition) is 6. The third kappa shape index (κ3) is 4.71. The highest BCUT2D eigenvalue weighted by molar-refractivity contribution is 7.21. The van der Waals surface area contributed by atoms with Gasteiger partial charge < -0.3 is 4.42 Å². The zero-order valence-electron chi connectivity index (χ0n) is 28.1. The Morgan fingerprint density at radius 2 is 1.06 bits per heavy atom. The van der Waals surface area contributed by atoms with Crippen LogP contribution in [0.5, 0.6) is 0 Å². The lowest BCUT2D eigenvalue weighted by molar-refractivity contribution is 0.670. The van der Waals surface area contributed by atoms with Crippen LogP contribution in [-0.4, -0.2) is 24.5 Å². The molecule has 0 N–H and O–H groups in total. The van der Waals surface area contributed by atoms with Crippen LogP contribution in [0.4, 0.5) is 0 Å². The van der Waals surface area contributed by atoms with E-state index in [4.69, 9.17) is 24.4 Å². The molecule has 0 saturated heterocycles. The Bertz CT molecular complexity index is 3090. The molecule has 0 aliphatic carbocycles. The number of benzene rings is 7. The van der Waals surface area contributed by atoms with Crippen molar-refractivity contribution in [3.8, 4) is 50.4 Å². The number of nitrogens with zero attached hydrogens (tertiary/aromatic N) is 5. The Hall–Kier alpha value is -6.96. The van der Waals surface area contributed by atoms with E-state index in [0.29, 0.717) is 23.2 Å². The van der Waals surface area contributed by atoms with E-state index in [1.54, 1.807) is 11.3 Å². The monoisotopic (exact) mass is 697 g/mol. The lowest BCUT2D eigenvalue weighted by Gasteiger charge is -2.11. The van der Waals surface area contributed by atoms with Crippen molar-refractivity contribution in [2.24, 2.45) is 0 Å². The maximum Gasteiger partial charge on any atom is 0.238 e. The minimum atomic E-state index is 0.533. The number of furan rings is 1. The van der Waals surface area contributed by atoms with Crippen LogP contribution in [0, 0.1) is 0 Å². The van der Waals surface area contributed by atoms with Crippen molar-refractivity contribution in [3.05, 3.63) is 164 Å². The van der Waals surface area contributed by atoms with Crippen LogP contribution in [0.2, 0.25) is 0 Å². The summed E-state index contributed by atoms with van der Waals surface area (Å²) in [5.74, 6) is 1.66. The molecule has 0 radical (unpaired) electrons. The molecule has 11 rings (SSSR count). The highest BCUT2D eigenvalue weighted by Gasteiger charge is 2.24. The first-order valence-electron chi connectivity index (χ1n) is 17.5. The Morgan fingerprint density at radius 3 is 1.81 bits per heavy atom. The quantitative estimate of drug-likeness (QED) is 0.179. The fourth-order valence-electron chi connectivity index (χ4n) is 7.53. The molecule has 0 spiro atoms. The van der Waals surface area contributed by atoms with Crippen molar-refractivity contribution in [1.82, 2.24) is 24.5 Å². The van der Waals surface area contributed by atoms with Crippen molar-refractivity contribution in [2.45, 2.75) is 0 Å². The number of hydrogen-bond donors (Lipinski definition) is 0. The van der Waals surface area contributed by atoms with E-state index in [-0.39, 0.29) is 0 Å². The number of thiazole rings is 1. The van der Waals surface area contributed by atoms with Crippen molar-refractivity contribution in [2.75, 3.05) is 0 Å². The average molecular weight is 698 g/mol. The van der Waals surface area contributed by atoms with Crippen LogP contribution in [0.25, 0.3) is 104 Å². The van der Waals surface area contributed by atoms with Crippen LogP contribution in [-0.2, 0) is 0 Å². The largest absolute Gasteiger partial charge is 0.455 e. The standard InChI is InChI=1S/C46H27N5OS/c1-3-14-28(15-4-1)30-26-27-34-33-20-13-21-35(41(33)52-42(34)40(30)45-47-36-22-9-12-25-39(36)53-45)44-48-43(29-16-5-2-6-17-29)49-46(50-44)51-37-23-10-7-18-31(37)32-19-8-11-24-38(32)51/h1-27H. The first-order valence-corrected chi connectivity index (χ1v) is 18.3. The highest BCUT2D eigenvalue weighted by atomic mass is 32.1. The van der Waals surface area contributed by atoms with Gasteiger partial charge in [-0.1, -0.05) is 127 Å². The summed E-state index contributed by atoms with van der Waals surface area (Å²) in [5, 5.41) is 5.19. The molecule has 6 nitrogen and oxygen atoms in total. The Labute approximate surface area is 307 Å². The zero-order valence-corrected chi connectivity index (χ0v) is 29.0. The minimum Gasteiger partial charge on any atom is -0.455 e. The molecule has 7 heteroatoms. The lowest BCUT2D eigenvalue weighted by Crippen LogP contribution is -2.06. The van der Waals surface area contributed by atoms with Gasteiger partial charge in [0.15, 0.2) is 11.6 Å². The van der Waals surface area contributed by atoms with Crippen molar-refractivity contribution < 1.29 is 4.42 Å². The molecule has 0 amide bonds. The van der Waals surface area contributed by atoms with Gasteiger partial charge in [-0.15, -0.1) is 11.3 Å². The molecule has 53 heavy (non-hydrogen) atoms. The van der Waals surface area contributed by atoms with Crippen LogP contribution >= 0.6 is 11.3 Å². The van der Waals surface area contributed by atoms with E-state index in [0.717, 1.165) is 81.2 Å². The summed E-state index contributed by atoms with van der Waals surface area (Å²) in [5.41, 5.74) is 9.36. The van der Waals surface area contributed by atoms with Crippen LogP contribution in [0.3, 0.4) is 0 Å². The summed E-state index contributed by atoms with van der Waals surface area (Å²) >= 11 is 1.68. The summed E-state index contributed by atoms with van der Waals surface area (Å²) in [6.45, 7) is 0. The molecule has 0 atom stereocenters. The molecule has 11 aromatic rings. The van der Waals surface area contributed by atoms with Gasteiger partial charge in [-0.3, -0.25) is 4.57 Å². The van der Waals surface area contributed by atoms with E-state index in [2.05, 4.69) is 120 Å². The third-order valence-electron chi connectivity index (χ3n) is 9.94. The maximum absolute atomic E-state index is 7.06. The third-order valence-corrected chi connectivity index (χ3v) is 11.0. The fraction of sp³-hybridized carbons (Fsp3) is 0. The predicted octanol–water partition coefficient (Wildman–Crippen LogP) is 12.1. The summed E-state index contributed by atoms with van der Waals surface area (Å²) in [4.78, 5) is 20.6. The van der Waals surface area contributed by atoms with Gasteiger partial charge in [0.05, 0.1) is 32.4 Å². The smallest absolute Gasteiger partial charge is 0.238 e. The number of fused-ring (bicyclic) bond motifs is 7. The number of aromatic nitrogens is 5. The highest BCUT2D eigenvalue weighted by Crippen LogP contribution is 2.46. The summed E-state index contributed by atoms with van der Waals surface area (Å²) in [6.07, 6.45) is 0. The first-order chi connectivity index (χ1) is 26.3. The fourth-order valence-corrected chi connectivity index (χ4v) is 8.55. The van der Waals surface area contributed by atoms with Gasteiger partial charge in [-0.05, 0) is 47.5 Å². The predicted molar refractivity (Wildman–Crippen MR) is 216 cm³/mol. The SMILES string of the molecule is c1ccc(-c2nc(-c3cccc4c3oc3c(-c5nc6ccccc6s5)c(-c5ccccc5)ccc34)nc(-n3c4ccccc4c4ccccc43)n2)cc1.